The number of nitrogens with two attached hydrogens (primary N) is 1. The second-order valence-corrected chi connectivity index (χ2v) is 3.47. The van der Waals surface area contributed by atoms with Crippen LogP contribution in [0.1, 0.15) is 5.56 Å². The van der Waals surface area contributed by atoms with Crippen LogP contribution in [0.4, 0.5) is 4.79 Å². The van der Waals surface area contributed by atoms with Crippen LogP contribution >= 0.6 is 0 Å². The molecule has 0 radical (unpaired) electrons. The van der Waals surface area contributed by atoms with Crippen molar-refractivity contribution in [3.63, 3.8) is 0 Å². The molecule has 5 heteroatoms. The fraction of sp³-hybridized carbons (Fsp3) is 0.222. The maximum atomic E-state index is 11.1. The molecule has 0 fully saturated rings. The number of carbonyl (C=O) groups excluding carboxylic acids is 1. The molecule has 1 aromatic rings. The minimum atomic E-state index is -2.65. The molecule has 0 aromatic heterocycles. The van der Waals surface area contributed by atoms with Crippen molar-refractivity contribution in [2.24, 2.45) is 5.73 Å². The molecule has 3 N–H and O–H groups in total. The number of amides is 1. The fourth-order valence-electron chi connectivity index (χ4n) is 1.81. The summed E-state index contributed by atoms with van der Waals surface area (Å²) in [6.07, 6.45) is 0.702. The molecule has 0 aliphatic carbocycles. The molecule has 2 rings (SSSR count). The van der Waals surface area contributed by atoms with Gasteiger partial charge in [0.25, 0.3) is 0 Å². The summed E-state index contributed by atoms with van der Waals surface area (Å²) in [5, 5.41) is 9.97. The summed E-state index contributed by atoms with van der Waals surface area (Å²) in [4.78, 5) is 11.1. The van der Waals surface area contributed by atoms with E-state index in [4.69, 9.17) is 10.4 Å². The first kappa shape index (κ1) is 9.24. The van der Waals surface area contributed by atoms with Gasteiger partial charge in [0.15, 0.2) is 0 Å². The molecule has 0 bridgehead atoms. The Labute approximate surface area is 81.7 Å². The zero-order chi connectivity index (χ0) is 10.2. The van der Waals surface area contributed by atoms with E-state index in [2.05, 4.69) is 0 Å². The van der Waals surface area contributed by atoms with Crippen LogP contribution in [0.15, 0.2) is 24.3 Å². The van der Waals surface area contributed by atoms with Gasteiger partial charge in [0, 0.05) is 6.61 Å². The molecule has 1 aliphatic heterocycles. The van der Waals surface area contributed by atoms with Crippen LogP contribution in [0, 0.1) is 0 Å². The molecular weight excluding hydrogens is 181 g/mol. The average molecular weight is 192 g/mol. The third-order valence-electron chi connectivity index (χ3n) is 2.59. The quantitative estimate of drug-likeness (QED) is 0.592. The number of hydrogen-bond acceptors (Lipinski definition) is 3. The van der Waals surface area contributed by atoms with Crippen molar-refractivity contribution >= 4 is 17.8 Å². The Hall–Kier alpha value is -1.33. The molecule has 1 aromatic carbocycles. The second kappa shape index (κ2) is 3.11. The second-order valence-electron chi connectivity index (χ2n) is 3.47. The molecule has 14 heavy (non-hydrogen) atoms. The van der Waals surface area contributed by atoms with Gasteiger partial charge in [-0.15, -0.1) is 5.46 Å². The van der Waals surface area contributed by atoms with Crippen LogP contribution < -0.4 is 11.2 Å². The monoisotopic (exact) mass is 192 g/mol. The molecule has 1 heterocycles. The summed E-state index contributed by atoms with van der Waals surface area (Å²) in [5.41, 5.74) is 6.58. The summed E-state index contributed by atoms with van der Waals surface area (Å²) in [6.45, 7) is -2.32. The van der Waals surface area contributed by atoms with Crippen LogP contribution in [0.2, 0.25) is 0 Å². The zero-order valence-electron chi connectivity index (χ0n) is 7.64. The van der Waals surface area contributed by atoms with E-state index in [1.165, 1.54) is 0 Å². The van der Waals surface area contributed by atoms with Gasteiger partial charge in [0.05, 0.1) is 0 Å². The molecule has 1 aliphatic rings. The largest absolute Gasteiger partial charge is 0.573 e. The van der Waals surface area contributed by atoms with E-state index in [-0.39, 0.29) is 0 Å². The minimum Gasteiger partial charge on any atom is -0.573 e. The third kappa shape index (κ3) is 1.22. The van der Waals surface area contributed by atoms with Gasteiger partial charge in [-0.3, -0.25) is 0 Å². The lowest BCUT2D eigenvalue weighted by Crippen LogP contribution is -2.64. The minimum absolute atomic E-state index is 0.330. The topological polar surface area (TPSA) is 72.6 Å². The van der Waals surface area contributed by atoms with Gasteiger partial charge >= 0.3 is 6.55 Å². The lowest BCUT2D eigenvalue weighted by molar-refractivity contribution is 0.220. The van der Waals surface area contributed by atoms with E-state index >= 15 is 0 Å². The highest BCUT2D eigenvalue weighted by atomic mass is 16.5. The van der Waals surface area contributed by atoms with Gasteiger partial charge in [0.1, 0.15) is 5.81 Å². The van der Waals surface area contributed by atoms with Gasteiger partial charge in [-0.1, -0.05) is 29.8 Å². The number of carbonyl (C=O) groups is 1. The Morgan fingerprint density at radius 1 is 1.50 bits per heavy atom. The lowest BCUT2D eigenvalue weighted by atomic mass is 9.48. The normalized spacial score (nSPS) is 25.5. The molecule has 1 amide bonds. The Kier molecular flexibility index (Phi) is 2.05. The first-order chi connectivity index (χ1) is 6.64. The van der Waals surface area contributed by atoms with Crippen molar-refractivity contribution in [3.05, 3.63) is 29.8 Å². The first-order valence-corrected chi connectivity index (χ1v) is 4.53. The summed E-state index contributed by atoms with van der Waals surface area (Å²) < 4.78 is 5.10. The lowest BCUT2D eigenvalue weighted by Gasteiger charge is -2.38. The molecular formula is C9H11BNO3-. The number of hydrogen-bond donors (Lipinski definition) is 2. The molecule has 1 unspecified atom stereocenters. The van der Waals surface area contributed by atoms with Crippen molar-refractivity contribution in [2.45, 2.75) is 6.42 Å². The van der Waals surface area contributed by atoms with Crippen LogP contribution in [0.3, 0.4) is 0 Å². The van der Waals surface area contributed by atoms with Crippen LogP contribution in [0.25, 0.3) is 0 Å². The first-order valence-electron chi connectivity index (χ1n) is 4.53. The zero-order valence-corrected chi connectivity index (χ0v) is 7.64. The Morgan fingerprint density at radius 2 is 2.21 bits per heavy atom. The molecule has 0 spiro atoms. The standard InChI is InChI=1S/C9H11BNO3/c11-9(12)10(13)8-4-2-1-3-7(8)5-6-14-10/h1-4,13H,5-6H2,(H2,11,12)/q-1. The summed E-state index contributed by atoms with van der Waals surface area (Å²) in [6, 6.07) is 7.16. The van der Waals surface area contributed by atoms with Gasteiger partial charge in [-0.25, -0.2) is 0 Å². The number of primary amides is 1. The smallest absolute Gasteiger partial charge is 0.355 e. The van der Waals surface area contributed by atoms with E-state index in [0.29, 0.717) is 18.5 Å². The highest BCUT2D eigenvalue weighted by molar-refractivity contribution is 7.05. The molecule has 0 saturated heterocycles. The van der Waals surface area contributed by atoms with Gasteiger partial charge in [-0.05, 0) is 6.42 Å². The third-order valence-corrected chi connectivity index (χ3v) is 2.59. The van der Waals surface area contributed by atoms with Crippen LogP contribution in [-0.2, 0) is 11.1 Å². The summed E-state index contributed by atoms with van der Waals surface area (Å²) in [7, 11) is 0. The van der Waals surface area contributed by atoms with Gasteiger partial charge in [-0.2, -0.15) is 0 Å². The Bertz CT molecular complexity index is 382. The van der Waals surface area contributed by atoms with Crippen molar-refractivity contribution < 1.29 is 14.5 Å². The van der Waals surface area contributed by atoms with E-state index < -0.39 is 12.4 Å². The van der Waals surface area contributed by atoms with Crippen molar-refractivity contribution in [2.75, 3.05) is 6.61 Å². The summed E-state index contributed by atoms with van der Waals surface area (Å²) in [5.74, 6) is -0.808. The SMILES string of the molecule is NC(=O)[B-]1(O)OCCc2ccccc21. The predicted molar refractivity (Wildman–Crippen MR) is 53.3 cm³/mol. The maximum absolute atomic E-state index is 11.1. The van der Waals surface area contributed by atoms with Crippen LogP contribution in [-0.4, -0.2) is 24.0 Å². The fourth-order valence-corrected chi connectivity index (χ4v) is 1.81. The van der Waals surface area contributed by atoms with E-state index in [1.807, 2.05) is 12.1 Å². The van der Waals surface area contributed by atoms with Crippen molar-refractivity contribution in [1.29, 1.82) is 0 Å². The highest BCUT2D eigenvalue weighted by Gasteiger charge is 2.36. The van der Waals surface area contributed by atoms with E-state index in [1.54, 1.807) is 12.1 Å². The Balaban J connectivity index is 2.55. The number of fused-ring (bicyclic) bond motifs is 1. The number of rotatable bonds is 1. The van der Waals surface area contributed by atoms with Crippen molar-refractivity contribution in [3.8, 4) is 0 Å². The molecule has 0 saturated carbocycles. The highest BCUT2D eigenvalue weighted by Crippen LogP contribution is 2.13. The van der Waals surface area contributed by atoms with Gasteiger partial charge < -0.3 is 20.2 Å². The summed E-state index contributed by atoms with van der Waals surface area (Å²) >= 11 is 0. The Morgan fingerprint density at radius 3 is 2.93 bits per heavy atom. The van der Waals surface area contributed by atoms with Crippen LogP contribution in [0.5, 0.6) is 0 Å². The van der Waals surface area contributed by atoms with E-state index in [0.717, 1.165) is 5.56 Å². The average Bonchev–Trinajstić information content (AvgIpc) is 2.18. The molecule has 4 nitrogen and oxygen atoms in total. The predicted octanol–water partition coefficient (Wildman–Crippen LogP) is -0.439. The molecule has 74 valence electrons. The van der Waals surface area contributed by atoms with Gasteiger partial charge in [0.2, 0.25) is 0 Å². The number of benzene rings is 1. The van der Waals surface area contributed by atoms with E-state index in [9.17, 15) is 9.82 Å². The maximum Gasteiger partial charge on any atom is 0.355 e. The molecule has 1 atom stereocenters. The van der Waals surface area contributed by atoms with Crippen molar-refractivity contribution in [1.82, 2.24) is 0 Å².